The molecule has 9 nitrogen and oxygen atoms in total. The van der Waals surface area contributed by atoms with E-state index in [2.05, 4.69) is 4.90 Å². The molecule has 5 rings (SSSR count). The van der Waals surface area contributed by atoms with Crippen molar-refractivity contribution in [1.82, 2.24) is 14.2 Å². The van der Waals surface area contributed by atoms with Crippen molar-refractivity contribution < 1.29 is 22.7 Å². The van der Waals surface area contributed by atoms with Crippen LogP contribution in [0.3, 0.4) is 0 Å². The van der Waals surface area contributed by atoms with Crippen molar-refractivity contribution in [2.75, 3.05) is 64.5 Å². The fourth-order valence-corrected chi connectivity index (χ4v) is 6.95. The zero-order valence-corrected chi connectivity index (χ0v) is 21.5. The summed E-state index contributed by atoms with van der Waals surface area (Å²) in [6.45, 7) is 3.78. The molecule has 2 aliphatic rings. The Labute approximate surface area is 212 Å². The largest absolute Gasteiger partial charge is 0.494 e. The maximum Gasteiger partial charge on any atom is 0.253 e. The Hall–Kier alpha value is -2.44. The van der Waals surface area contributed by atoms with E-state index in [0.29, 0.717) is 68.8 Å². The molecule has 3 heterocycles. The first-order valence-corrected chi connectivity index (χ1v) is 13.9. The predicted octanol–water partition coefficient (Wildman–Crippen LogP) is 2.94. The van der Waals surface area contributed by atoms with Crippen LogP contribution in [0, 0.1) is 0 Å². The van der Waals surface area contributed by atoms with Crippen LogP contribution >= 0.6 is 22.9 Å². The molecule has 3 aromatic rings. The van der Waals surface area contributed by atoms with Gasteiger partial charge in [0.05, 0.1) is 34.9 Å². The van der Waals surface area contributed by atoms with Gasteiger partial charge in [0, 0.05) is 44.8 Å². The number of benzene rings is 2. The van der Waals surface area contributed by atoms with Crippen LogP contribution in [0.15, 0.2) is 41.3 Å². The highest BCUT2D eigenvalue weighted by molar-refractivity contribution is 7.89. The Kier molecular flexibility index (Phi) is 6.86. The summed E-state index contributed by atoms with van der Waals surface area (Å²) in [5.74, 6) is 0.564. The Balaban J connectivity index is 1.25. The second kappa shape index (κ2) is 9.90. The average Bonchev–Trinajstić information content (AvgIpc) is 3.36. The molecule has 0 radical (unpaired) electrons. The van der Waals surface area contributed by atoms with Crippen molar-refractivity contribution in [3.05, 3.63) is 47.0 Å². The molecule has 0 saturated carbocycles. The number of fused-ring (bicyclic) bond motifs is 1. The lowest BCUT2D eigenvalue weighted by Crippen LogP contribution is -2.48. The highest BCUT2D eigenvalue weighted by atomic mass is 35.5. The molecule has 0 N–H and O–H groups in total. The van der Waals surface area contributed by atoms with Gasteiger partial charge in [-0.05, 0) is 36.4 Å². The molecular weight excluding hydrogens is 512 g/mol. The monoisotopic (exact) mass is 536 g/mol. The van der Waals surface area contributed by atoms with E-state index in [4.69, 9.17) is 26.1 Å². The van der Waals surface area contributed by atoms with Gasteiger partial charge in [0.15, 0.2) is 5.13 Å². The number of aromatic nitrogens is 1. The molecule has 1 amide bonds. The first-order valence-electron chi connectivity index (χ1n) is 11.2. The normalized spacial score (nSPS) is 17.7. The number of hydrogen-bond acceptors (Lipinski definition) is 8. The van der Waals surface area contributed by atoms with Crippen molar-refractivity contribution >= 4 is 54.2 Å². The molecule has 2 saturated heterocycles. The van der Waals surface area contributed by atoms with Gasteiger partial charge < -0.3 is 19.3 Å². The van der Waals surface area contributed by atoms with Gasteiger partial charge in [-0.3, -0.25) is 4.79 Å². The summed E-state index contributed by atoms with van der Waals surface area (Å²) in [6.07, 6.45) is 0. The number of nitrogens with zero attached hydrogens (tertiary/aromatic N) is 4. The number of carbonyl (C=O) groups excluding carboxylic acids is 1. The van der Waals surface area contributed by atoms with Crippen LogP contribution in [-0.4, -0.2) is 88.1 Å². The zero-order chi connectivity index (χ0) is 24.6. The van der Waals surface area contributed by atoms with Crippen molar-refractivity contribution in [1.29, 1.82) is 0 Å². The number of rotatable bonds is 5. The van der Waals surface area contributed by atoms with Crippen LogP contribution in [0.5, 0.6) is 5.75 Å². The third-order valence-electron chi connectivity index (χ3n) is 6.21. The van der Waals surface area contributed by atoms with Gasteiger partial charge in [0.2, 0.25) is 10.0 Å². The molecular formula is C23H25ClN4O5S2. The number of piperazine rings is 1. The molecule has 2 aromatic carbocycles. The maximum atomic E-state index is 13.1. The zero-order valence-electron chi connectivity index (χ0n) is 19.1. The van der Waals surface area contributed by atoms with Crippen LogP contribution in [0.25, 0.3) is 10.2 Å². The molecule has 0 spiro atoms. The number of anilines is 1. The molecule has 0 aliphatic carbocycles. The lowest BCUT2D eigenvalue weighted by Gasteiger charge is -2.34. The number of amides is 1. The number of carbonyl (C=O) groups is 1. The maximum absolute atomic E-state index is 13.1. The van der Waals surface area contributed by atoms with Crippen LogP contribution in [-0.2, 0) is 14.8 Å². The molecule has 186 valence electrons. The SMILES string of the molecule is COc1ccc(Cl)c2sc(N3CCN(C(=O)c4ccc(S(=O)(=O)N5CCOCC5)cc4)CC3)nc12. The fraction of sp³-hybridized carbons (Fsp3) is 0.391. The Morgan fingerprint density at radius 1 is 1.03 bits per heavy atom. The third kappa shape index (κ3) is 4.70. The molecule has 0 unspecified atom stereocenters. The van der Waals surface area contributed by atoms with Crippen LogP contribution < -0.4 is 9.64 Å². The average molecular weight is 537 g/mol. The van der Waals surface area contributed by atoms with E-state index < -0.39 is 10.0 Å². The highest BCUT2D eigenvalue weighted by Crippen LogP contribution is 2.38. The number of sulfonamides is 1. The van der Waals surface area contributed by atoms with E-state index >= 15 is 0 Å². The predicted molar refractivity (Wildman–Crippen MR) is 135 cm³/mol. The van der Waals surface area contributed by atoms with Gasteiger partial charge in [-0.2, -0.15) is 4.31 Å². The minimum absolute atomic E-state index is 0.117. The van der Waals surface area contributed by atoms with Gasteiger partial charge in [-0.1, -0.05) is 22.9 Å². The van der Waals surface area contributed by atoms with Crippen LogP contribution in [0.4, 0.5) is 5.13 Å². The van der Waals surface area contributed by atoms with Gasteiger partial charge in [-0.25, -0.2) is 13.4 Å². The second-order valence-corrected chi connectivity index (χ2v) is 11.6. The number of methoxy groups -OCH3 is 1. The minimum Gasteiger partial charge on any atom is -0.494 e. The molecule has 12 heteroatoms. The number of morpholine rings is 1. The van der Waals surface area contributed by atoms with E-state index in [9.17, 15) is 13.2 Å². The first kappa shape index (κ1) is 24.3. The summed E-state index contributed by atoms with van der Waals surface area (Å²) in [6, 6.07) is 9.80. The van der Waals surface area contributed by atoms with E-state index in [1.54, 1.807) is 30.2 Å². The second-order valence-electron chi connectivity index (χ2n) is 8.24. The molecule has 1 aromatic heterocycles. The van der Waals surface area contributed by atoms with Gasteiger partial charge in [0.1, 0.15) is 11.3 Å². The molecule has 35 heavy (non-hydrogen) atoms. The molecule has 0 atom stereocenters. The summed E-state index contributed by atoms with van der Waals surface area (Å²) in [5.41, 5.74) is 1.21. The number of thiazole rings is 1. The highest BCUT2D eigenvalue weighted by Gasteiger charge is 2.28. The summed E-state index contributed by atoms with van der Waals surface area (Å²) < 4.78 is 38.6. The minimum atomic E-state index is -3.59. The third-order valence-corrected chi connectivity index (χ3v) is 9.70. The molecule has 2 aliphatic heterocycles. The summed E-state index contributed by atoms with van der Waals surface area (Å²) >= 11 is 7.86. The fourth-order valence-electron chi connectivity index (χ4n) is 4.23. The van der Waals surface area contributed by atoms with Crippen LogP contribution in [0.2, 0.25) is 5.02 Å². The standard InChI is InChI=1S/C23H25ClN4O5S2/c1-32-19-7-6-18(24)21-20(19)25-23(34-21)27-10-8-26(9-11-27)22(29)16-2-4-17(5-3-16)35(30,31)28-12-14-33-15-13-28/h2-7H,8-15H2,1H3. The Bertz CT molecular complexity index is 1330. The topological polar surface area (TPSA) is 92.3 Å². The van der Waals surface area contributed by atoms with Crippen LogP contribution in [0.1, 0.15) is 10.4 Å². The molecule has 0 bridgehead atoms. The van der Waals surface area contributed by atoms with E-state index in [1.165, 1.54) is 27.8 Å². The van der Waals surface area contributed by atoms with Crippen molar-refractivity contribution in [3.8, 4) is 5.75 Å². The van der Waals surface area contributed by atoms with Crippen molar-refractivity contribution in [2.45, 2.75) is 4.90 Å². The quantitative estimate of drug-likeness (QED) is 0.495. The number of ether oxygens (including phenoxy) is 2. The van der Waals surface area contributed by atoms with Crippen molar-refractivity contribution in [2.24, 2.45) is 0 Å². The Morgan fingerprint density at radius 3 is 2.37 bits per heavy atom. The summed E-state index contributed by atoms with van der Waals surface area (Å²) in [5, 5.41) is 1.48. The molecule has 2 fully saturated rings. The van der Waals surface area contributed by atoms with E-state index in [0.717, 1.165) is 15.3 Å². The number of hydrogen-bond donors (Lipinski definition) is 0. The first-order chi connectivity index (χ1) is 16.9. The van der Waals surface area contributed by atoms with Gasteiger partial charge in [0.25, 0.3) is 5.91 Å². The van der Waals surface area contributed by atoms with E-state index in [-0.39, 0.29) is 10.8 Å². The lowest BCUT2D eigenvalue weighted by atomic mass is 10.2. The Morgan fingerprint density at radius 2 is 1.71 bits per heavy atom. The van der Waals surface area contributed by atoms with Crippen molar-refractivity contribution in [3.63, 3.8) is 0 Å². The smallest absolute Gasteiger partial charge is 0.253 e. The summed E-state index contributed by atoms with van der Waals surface area (Å²) in [7, 11) is -1.98. The number of halogens is 1. The summed E-state index contributed by atoms with van der Waals surface area (Å²) in [4.78, 5) is 21.9. The van der Waals surface area contributed by atoms with Gasteiger partial charge in [-0.15, -0.1) is 0 Å². The van der Waals surface area contributed by atoms with Gasteiger partial charge >= 0.3 is 0 Å². The van der Waals surface area contributed by atoms with E-state index in [1.807, 2.05) is 6.07 Å². The lowest BCUT2D eigenvalue weighted by molar-refractivity contribution is 0.0730.